The maximum Gasteiger partial charge on any atom is 0.341 e. The molecule has 0 fully saturated rings. The van der Waals surface area contributed by atoms with E-state index < -0.39 is 16.7 Å². The van der Waals surface area contributed by atoms with Crippen molar-refractivity contribution in [1.82, 2.24) is 0 Å². The molecule has 0 saturated carbocycles. The number of esters is 1. The fraction of sp³-hybridized carbons (Fsp3) is 0.412. The predicted octanol–water partition coefficient (Wildman–Crippen LogP) is 3.69. The Labute approximate surface area is 135 Å². The van der Waals surface area contributed by atoms with Crippen LogP contribution in [-0.2, 0) is 14.3 Å². The van der Waals surface area contributed by atoms with Gasteiger partial charge in [-0.1, -0.05) is 38.3 Å². The van der Waals surface area contributed by atoms with Crippen LogP contribution in [0, 0.1) is 10.1 Å². The zero-order valence-electron chi connectivity index (χ0n) is 13.4. The van der Waals surface area contributed by atoms with E-state index in [1.165, 1.54) is 31.2 Å². The van der Waals surface area contributed by atoms with Crippen LogP contribution in [-0.4, -0.2) is 23.3 Å². The Morgan fingerprint density at radius 3 is 2.61 bits per heavy atom. The lowest BCUT2D eigenvalue weighted by atomic mass is 10.1. The van der Waals surface area contributed by atoms with Gasteiger partial charge in [-0.3, -0.25) is 14.9 Å². The number of hydrogen-bond acceptors (Lipinski definition) is 5. The molecule has 0 atom stereocenters. The number of ether oxygens (including phenoxy) is 1. The van der Waals surface area contributed by atoms with Crippen molar-refractivity contribution in [3.8, 4) is 0 Å². The van der Waals surface area contributed by atoms with Gasteiger partial charge in [-0.05, 0) is 25.0 Å². The molecular weight excluding hydrogens is 298 g/mol. The maximum atomic E-state index is 12.0. The fourth-order valence-corrected chi connectivity index (χ4v) is 1.97. The molecule has 0 bridgehead atoms. The third kappa shape index (κ3) is 6.42. The van der Waals surface area contributed by atoms with Gasteiger partial charge in [0.25, 0.3) is 5.69 Å². The summed E-state index contributed by atoms with van der Waals surface area (Å²) in [6.07, 6.45) is 5.19. The topological polar surface area (TPSA) is 86.5 Å². The summed E-state index contributed by atoms with van der Waals surface area (Å²) in [5.74, 6) is -1.13. The molecule has 124 valence electrons. The van der Waals surface area contributed by atoms with Crippen molar-refractivity contribution in [2.75, 3.05) is 6.61 Å². The Bertz CT molecular complexity index is 607. The monoisotopic (exact) mass is 319 g/mol. The Morgan fingerprint density at radius 1 is 1.26 bits per heavy atom. The lowest BCUT2D eigenvalue weighted by Crippen LogP contribution is -2.14. The second kappa shape index (κ2) is 9.50. The molecule has 1 rings (SSSR count). The molecule has 0 aliphatic rings. The third-order valence-electron chi connectivity index (χ3n) is 3.22. The van der Waals surface area contributed by atoms with Crippen LogP contribution < -0.4 is 0 Å². The van der Waals surface area contributed by atoms with E-state index >= 15 is 0 Å². The number of nitro benzene ring substituents is 1. The number of unbranched alkanes of at least 4 members (excludes halogenated alkanes) is 3. The number of Topliss-reactive ketones (excluding diaryl/α,β-unsaturated/α-hetero) is 1. The first-order valence-electron chi connectivity index (χ1n) is 7.60. The van der Waals surface area contributed by atoms with Crippen LogP contribution in [0.25, 0.3) is 6.08 Å². The van der Waals surface area contributed by atoms with Gasteiger partial charge in [0, 0.05) is 12.1 Å². The normalized spacial score (nSPS) is 11.1. The highest BCUT2D eigenvalue weighted by atomic mass is 16.6. The molecule has 23 heavy (non-hydrogen) atoms. The van der Waals surface area contributed by atoms with E-state index in [0.717, 1.165) is 25.7 Å². The average molecular weight is 319 g/mol. The standard InChI is InChI=1S/C17H21NO5/c1-3-4-5-6-10-23-17(20)16(13(2)19)12-14-8-7-9-15(11-14)18(21)22/h7-9,11-12H,3-6,10H2,1-2H3/b16-12+. The summed E-state index contributed by atoms with van der Waals surface area (Å²) in [6.45, 7) is 3.61. The number of nitrogens with zero attached hydrogens (tertiary/aromatic N) is 1. The summed E-state index contributed by atoms with van der Waals surface area (Å²) in [5, 5.41) is 10.8. The summed E-state index contributed by atoms with van der Waals surface area (Å²) >= 11 is 0. The molecule has 0 heterocycles. The van der Waals surface area contributed by atoms with Crippen molar-refractivity contribution in [3.05, 3.63) is 45.5 Å². The SMILES string of the molecule is CCCCCCOC(=O)/C(=C/c1cccc([N+](=O)[O-])c1)C(C)=O. The highest BCUT2D eigenvalue weighted by Gasteiger charge is 2.16. The van der Waals surface area contributed by atoms with Crippen molar-refractivity contribution < 1.29 is 19.2 Å². The highest BCUT2D eigenvalue weighted by molar-refractivity contribution is 6.19. The van der Waals surface area contributed by atoms with Gasteiger partial charge >= 0.3 is 5.97 Å². The lowest BCUT2D eigenvalue weighted by molar-refractivity contribution is -0.384. The van der Waals surface area contributed by atoms with Crippen LogP contribution in [0.15, 0.2) is 29.8 Å². The molecule has 6 heteroatoms. The van der Waals surface area contributed by atoms with Gasteiger partial charge in [0.1, 0.15) is 5.57 Å². The summed E-state index contributed by atoms with van der Waals surface area (Å²) in [6, 6.07) is 5.73. The molecule has 0 aromatic heterocycles. The number of non-ortho nitro benzene ring substituents is 1. The molecule has 1 aromatic carbocycles. The smallest absolute Gasteiger partial charge is 0.341 e. The van der Waals surface area contributed by atoms with Crippen LogP contribution in [0.3, 0.4) is 0 Å². The van der Waals surface area contributed by atoms with Gasteiger partial charge in [-0.25, -0.2) is 4.79 Å². The summed E-state index contributed by atoms with van der Waals surface area (Å²) in [7, 11) is 0. The molecular formula is C17H21NO5. The van der Waals surface area contributed by atoms with E-state index in [2.05, 4.69) is 6.92 Å². The first-order chi connectivity index (χ1) is 11.0. The molecule has 0 aliphatic carbocycles. The Balaban J connectivity index is 2.81. The van der Waals surface area contributed by atoms with E-state index in [1.54, 1.807) is 6.07 Å². The fourth-order valence-electron chi connectivity index (χ4n) is 1.97. The van der Waals surface area contributed by atoms with E-state index in [9.17, 15) is 19.7 Å². The largest absolute Gasteiger partial charge is 0.462 e. The van der Waals surface area contributed by atoms with Crippen LogP contribution in [0.5, 0.6) is 0 Å². The zero-order chi connectivity index (χ0) is 17.2. The van der Waals surface area contributed by atoms with Gasteiger partial charge in [0.05, 0.1) is 11.5 Å². The number of hydrogen-bond donors (Lipinski definition) is 0. The summed E-state index contributed by atoms with van der Waals surface area (Å²) in [4.78, 5) is 33.9. The third-order valence-corrected chi connectivity index (χ3v) is 3.22. The lowest BCUT2D eigenvalue weighted by Gasteiger charge is -2.06. The zero-order valence-corrected chi connectivity index (χ0v) is 13.4. The van der Waals surface area contributed by atoms with E-state index in [-0.39, 0.29) is 17.9 Å². The molecule has 0 N–H and O–H groups in total. The molecule has 0 spiro atoms. The highest BCUT2D eigenvalue weighted by Crippen LogP contribution is 2.16. The molecule has 0 unspecified atom stereocenters. The number of ketones is 1. The minimum Gasteiger partial charge on any atom is -0.462 e. The van der Waals surface area contributed by atoms with Crippen molar-refractivity contribution in [2.24, 2.45) is 0 Å². The molecule has 1 aromatic rings. The first-order valence-corrected chi connectivity index (χ1v) is 7.60. The van der Waals surface area contributed by atoms with Crippen LogP contribution in [0.4, 0.5) is 5.69 Å². The first kappa shape index (κ1) is 18.5. The molecule has 0 radical (unpaired) electrons. The molecule has 0 saturated heterocycles. The second-order valence-electron chi connectivity index (χ2n) is 5.16. The quantitative estimate of drug-likeness (QED) is 0.132. The van der Waals surface area contributed by atoms with Crippen LogP contribution in [0.2, 0.25) is 0 Å². The van der Waals surface area contributed by atoms with Gasteiger partial charge in [-0.2, -0.15) is 0 Å². The van der Waals surface area contributed by atoms with Crippen molar-refractivity contribution in [2.45, 2.75) is 39.5 Å². The van der Waals surface area contributed by atoms with Crippen LogP contribution >= 0.6 is 0 Å². The Morgan fingerprint density at radius 2 is 2.00 bits per heavy atom. The van der Waals surface area contributed by atoms with Crippen molar-refractivity contribution in [3.63, 3.8) is 0 Å². The molecule has 0 amide bonds. The Kier molecular flexibility index (Phi) is 7.66. The minimum absolute atomic E-state index is 0.102. The number of carbonyl (C=O) groups is 2. The average Bonchev–Trinajstić information content (AvgIpc) is 2.52. The van der Waals surface area contributed by atoms with Gasteiger partial charge in [0.2, 0.25) is 0 Å². The maximum absolute atomic E-state index is 12.0. The predicted molar refractivity (Wildman–Crippen MR) is 86.9 cm³/mol. The van der Waals surface area contributed by atoms with Crippen molar-refractivity contribution in [1.29, 1.82) is 0 Å². The molecule has 6 nitrogen and oxygen atoms in total. The molecule has 0 aliphatic heterocycles. The minimum atomic E-state index is -0.694. The second-order valence-corrected chi connectivity index (χ2v) is 5.16. The number of benzene rings is 1. The summed E-state index contributed by atoms with van der Waals surface area (Å²) in [5.41, 5.74) is 0.197. The van der Waals surface area contributed by atoms with E-state index in [1.807, 2.05) is 0 Å². The van der Waals surface area contributed by atoms with Gasteiger partial charge < -0.3 is 4.74 Å². The van der Waals surface area contributed by atoms with Gasteiger partial charge in [-0.15, -0.1) is 0 Å². The number of nitro groups is 1. The van der Waals surface area contributed by atoms with Crippen LogP contribution in [0.1, 0.15) is 45.1 Å². The van der Waals surface area contributed by atoms with Gasteiger partial charge in [0.15, 0.2) is 5.78 Å². The Hall–Kier alpha value is -2.50. The summed E-state index contributed by atoms with van der Waals surface area (Å²) < 4.78 is 5.10. The van der Waals surface area contributed by atoms with E-state index in [4.69, 9.17) is 4.74 Å². The van der Waals surface area contributed by atoms with Crippen molar-refractivity contribution >= 4 is 23.5 Å². The van der Waals surface area contributed by atoms with E-state index in [0.29, 0.717) is 5.56 Å². The number of rotatable bonds is 9. The number of carbonyl (C=O) groups excluding carboxylic acids is 2.